The van der Waals surface area contributed by atoms with Crippen LogP contribution in [0, 0.1) is 134 Å². The Kier molecular flexibility index (Phi) is 9.51. The van der Waals surface area contributed by atoms with E-state index in [1.54, 1.807) is 0 Å². The first kappa shape index (κ1) is 22.5. The summed E-state index contributed by atoms with van der Waals surface area (Å²) in [5.74, 6) is 7.99. The normalized spacial score (nSPS) is 26.1. The molecule has 0 aliphatic heterocycles. The number of rotatable bonds is 0. The van der Waals surface area contributed by atoms with E-state index in [-0.39, 0.29) is 40.8 Å². The zero-order chi connectivity index (χ0) is 18.3. The minimum absolute atomic E-state index is 0. The first-order chi connectivity index (χ1) is 13.4. The first-order valence-corrected chi connectivity index (χ1v) is 9.21. The molecule has 0 spiro atoms. The van der Waals surface area contributed by atoms with Gasteiger partial charge in [0.05, 0.1) is 0 Å². The Balaban J connectivity index is 0.000000118. The quantitative estimate of drug-likeness (QED) is 0.412. The molecular weight excluding hydrogens is 469 g/mol. The molecule has 133 valence electrons. The summed E-state index contributed by atoms with van der Waals surface area (Å²) in [6.45, 7) is 0. The second-order valence-electron chi connectivity index (χ2n) is 6.46. The first-order valence-electron chi connectivity index (χ1n) is 9.21. The van der Waals surface area contributed by atoms with Crippen LogP contribution in [0.4, 0.5) is 0 Å². The fourth-order valence-electron chi connectivity index (χ4n) is 3.21. The predicted molar refractivity (Wildman–Crippen MR) is 113 cm³/mol. The molecule has 0 bridgehead atoms. The molecule has 0 atom stereocenters. The Labute approximate surface area is 205 Å². The molecule has 0 amide bonds. The third-order valence-electron chi connectivity index (χ3n) is 4.64. The third-order valence-corrected chi connectivity index (χ3v) is 4.64. The van der Waals surface area contributed by atoms with Crippen molar-refractivity contribution in [2.75, 3.05) is 0 Å². The molecule has 6 aliphatic carbocycles. The van der Waals surface area contributed by atoms with Crippen LogP contribution >= 0.6 is 0 Å². The molecule has 0 N–H and O–H groups in total. The molecular formula is C27H21Nd. The second-order valence-corrected chi connectivity index (χ2v) is 6.46. The smallest absolute Gasteiger partial charge is 0.0124 e. The molecule has 0 nitrogen and oxygen atoms in total. The van der Waals surface area contributed by atoms with Crippen molar-refractivity contribution in [3.05, 3.63) is 166 Å². The van der Waals surface area contributed by atoms with Gasteiger partial charge in [0.15, 0.2) is 0 Å². The van der Waals surface area contributed by atoms with Crippen LogP contribution in [0.5, 0.6) is 0 Å². The van der Waals surface area contributed by atoms with Gasteiger partial charge in [-0.25, -0.2) is 0 Å². The van der Waals surface area contributed by atoms with E-state index in [4.69, 9.17) is 0 Å². The van der Waals surface area contributed by atoms with E-state index in [2.05, 4.69) is 131 Å². The fraction of sp³-hybridized carbons (Fsp3) is 0. The molecule has 0 heterocycles. The summed E-state index contributed by atoms with van der Waals surface area (Å²) in [5.41, 5.74) is 0. The van der Waals surface area contributed by atoms with E-state index < -0.39 is 0 Å². The monoisotopic (exact) mass is 487 g/mol. The van der Waals surface area contributed by atoms with Gasteiger partial charge in [-0.3, -0.25) is 0 Å². The van der Waals surface area contributed by atoms with Crippen LogP contribution < -0.4 is 0 Å². The topological polar surface area (TPSA) is 0 Å². The van der Waals surface area contributed by atoms with Crippen LogP contribution in [0.3, 0.4) is 0 Å². The standard InChI is InChI=1S/3C9H7.Nd/c3*1-2-5-9-7-3-6-8(9)4-1;/h3*1-7H;. The van der Waals surface area contributed by atoms with Crippen molar-refractivity contribution < 1.29 is 40.8 Å². The molecule has 28 heavy (non-hydrogen) atoms. The molecule has 0 aromatic carbocycles. The van der Waals surface area contributed by atoms with Crippen LogP contribution in [-0.2, 0) is 0 Å². The average Bonchev–Trinajstić information content (AvgIpc) is 3.48. The number of hydrogen-bond acceptors (Lipinski definition) is 0. The summed E-state index contributed by atoms with van der Waals surface area (Å²) in [7, 11) is 0. The minimum Gasteiger partial charge on any atom is -0.0762 e. The van der Waals surface area contributed by atoms with E-state index >= 15 is 0 Å². The van der Waals surface area contributed by atoms with Gasteiger partial charge in [0.2, 0.25) is 0 Å². The Morgan fingerprint density at radius 2 is 0.464 bits per heavy atom. The molecule has 1 heteroatoms. The predicted octanol–water partition coefficient (Wildman–Crippen LogP) is 5.66. The molecule has 6 rings (SSSR count). The van der Waals surface area contributed by atoms with Crippen molar-refractivity contribution in [1.82, 2.24) is 0 Å². The van der Waals surface area contributed by atoms with Gasteiger partial charge >= 0.3 is 0 Å². The van der Waals surface area contributed by atoms with Gasteiger partial charge < -0.3 is 0 Å². The molecule has 3 saturated carbocycles. The summed E-state index contributed by atoms with van der Waals surface area (Å²) in [6, 6.07) is 0. The van der Waals surface area contributed by atoms with Crippen molar-refractivity contribution in [3.8, 4) is 0 Å². The SMILES string of the molecule is [CH]1[CH][C]2C=CC=C[C]2[CH]1.[CH]1[CH][C]2C=CC=C[C]2[CH]1.[CH]1[CH][C]2C=CC=C[C]2[CH]1.[Nd]. The fourth-order valence-corrected chi connectivity index (χ4v) is 3.21. The van der Waals surface area contributed by atoms with Crippen LogP contribution in [-0.4, -0.2) is 0 Å². The Hall–Kier alpha value is -0.209. The van der Waals surface area contributed by atoms with Gasteiger partial charge in [-0.1, -0.05) is 72.9 Å². The van der Waals surface area contributed by atoms with Crippen molar-refractivity contribution >= 4 is 0 Å². The minimum atomic E-state index is 0. The van der Waals surface area contributed by atoms with Gasteiger partial charge in [-0.05, 0) is 57.8 Å². The zero-order valence-corrected chi connectivity index (χ0v) is 18.8. The zero-order valence-electron chi connectivity index (χ0n) is 15.6. The third kappa shape index (κ3) is 6.14. The van der Waals surface area contributed by atoms with Gasteiger partial charge in [-0.15, -0.1) is 0 Å². The van der Waals surface area contributed by atoms with Gasteiger partial charge in [-0.2, -0.15) is 0 Å². The van der Waals surface area contributed by atoms with E-state index in [0.717, 1.165) is 0 Å². The summed E-state index contributed by atoms with van der Waals surface area (Å²) in [6.07, 6.45) is 44.0. The number of hydrogen-bond donors (Lipinski definition) is 0. The summed E-state index contributed by atoms with van der Waals surface area (Å²) < 4.78 is 0. The van der Waals surface area contributed by atoms with Crippen molar-refractivity contribution in [2.45, 2.75) is 0 Å². The molecule has 0 saturated heterocycles. The summed E-state index contributed by atoms with van der Waals surface area (Å²) in [5, 5.41) is 0. The molecule has 6 aliphatic rings. The Morgan fingerprint density at radius 1 is 0.286 bits per heavy atom. The van der Waals surface area contributed by atoms with Gasteiger partial charge in [0.1, 0.15) is 0 Å². The maximum absolute atomic E-state index is 2.12. The molecule has 0 aromatic heterocycles. The van der Waals surface area contributed by atoms with Crippen molar-refractivity contribution in [2.24, 2.45) is 0 Å². The van der Waals surface area contributed by atoms with Crippen molar-refractivity contribution in [1.29, 1.82) is 0 Å². The number of allylic oxidation sites excluding steroid dienone is 12. The summed E-state index contributed by atoms with van der Waals surface area (Å²) in [4.78, 5) is 0. The Bertz CT molecular complexity index is 503. The van der Waals surface area contributed by atoms with Crippen LogP contribution in [0.25, 0.3) is 0 Å². The van der Waals surface area contributed by atoms with E-state index in [1.807, 2.05) is 0 Å². The molecule has 3 fully saturated rings. The van der Waals surface area contributed by atoms with Gasteiger partial charge in [0.25, 0.3) is 0 Å². The van der Waals surface area contributed by atoms with E-state index in [1.165, 1.54) is 35.5 Å². The average molecular weight is 490 g/mol. The summed E-state index contributed by atoms with van der Waals surface area (Å²) >= 11 is 0. The maximum Gasteiger partial charge on any atom is 0.0124 e. The largest absolute Gasteiger partial charge is 0.0762 e. The van der Waals surface area contributed by atoms with Gasteiger partial charge in [0, 0.05) is 76.3 Å². The van der Waals surface area contributed by atoms with E-state index in [0.29, 0.717) is 0 Å². The van der Waals surface area contributed by atoms with Crippen molar-refractivity contribution in [3.63, 3.8) is 0 Å². The maximum atomic E-state index is 2.12. The van der Waals surface area contributed by atoms with Crippen LogP contribution in [0.15, 0.2) is 72.9 Å². The number of fused-ring (bicyclic) bond motifs is 3. The van der Waals surface area contributed by atoms with Crippen LogP contribution in [0.2, 0.25) is 0 Å². The molecule has 0 unspecified atom stereocenters. The van der Waals surface area contributed by atoms with E-state index in [9.17, 15) is 0 Å². The second kappa shape index (κ2) is 11.8. The molecule has 15 radical (unpaired) electrons. The Morgan fingerprint density at radius 3 is 0.643 bits per heavy atom. The van der Waals surface area contributed by atoms with Crippen LogP contribution in [0.1, 0.15) is 0 Å². The molecule has 0 aromatic rings.